The molecule has 1 N–H and O–H groups in total. The second-order valence-electron chi connectivity index (χ2n) is 6.95. The number of piperidine rings is 1. The predicted molar refractivity (Wildman–Crippen MR) is 112 cm³/mol. The number of methoxy groups -OCH3 is 1. The first-order valence-electron chi connectivity index (χ1n) is 9.13. The van der Waals surface area contributed by atoms with Gasteiger partial charge in [0.25, 0.3) is 0 Å². The summed E-state index contributed by atoms with van der Waals surface area (Å²) < 4.78 is 47.2. The molecule has 1 fully saturated rings. The lowest BCUT2D eigenvalue weighted by Gasteiger charge is -2.31. The van der Waals surface area contributed by atoms with Crippen molar-refractivity contribution in [2.24, 2.45) is 5.92 Å². The number of nitrogens with one attached hydrogen (secondary N) is 1. The molecule has 1 aliphatic rings. The molecule has 0 saturated carbocycles. The van der Waals surface area contributed by atoms with E-state index in [4.69, 9.17) is 4.74 Å². The minimum absolute atomic E-state index is 0.0530. The van der Waals surface area contributed by atoms with Crippen LogP contribution in [0.15, 0.2) is 45.8 Å². The minimum atomic E-state index is -3.75. The standard InChI is InChI=1S/C20H22BrFN2O4S/c1-13-10-16(6-8-19(13)28-2)29(26,27)24-9-3-4-14(12-24)20(25)23-18-7-5-15(21)11-17(18)22/h5-8,10-11,14H,3-4,9,12H2,1-2H3,(H,23,25). The number of sulfonamides is 1. The Balaban J connectivity index is 1.75. The molecule has 0 aliphatic carbocycles. The monoisotopic (exact) mass is 484 g/mol. The fourth-order valence-corrected chi connectivity index (χ4v) is 5.30. The average molecular weight is 485 g/mol. The smallest absolute Gasteiger partial charge is 0.243 e. The summed E-state index contributed by atoms with van der Waals surface area (Å²) in [5, 5.41) is 2.57. The first kappa shape index (κ1) is 21.7. The molecule has 6 nitrogen and oxygen atoms in total. The third-order valence-electron chi connectivity index (χ3n) is 4.95. The van der Waals surface area contributed by atoms with Gasteiger partial charge in [0.05, 0.1) is 23.6 Å². The second kappa shape index (κ2) is 8.81. The van der Waals surface area contributed by atoms with Crippen LogP contribution in [0.5, 0.6) is 5.75 Å². The Morgan fingerprint density at radius 2 is 2.03 bits per heavy atom. The molecule has 1 saturated heterocycles. The number of anilines is 1. The van der Waals surface area contributed by atoms with Crippen molar-refractivity contribution in [1.82, 2.24) is 4.31 Å². The molecular formula is C20H22BrFN2O4S. The summed E-state index contributed by atoms with van der Waals surface area (Å²) >= 11 is 3.17. The lowest BCUT2D eigenvalue weighted by atomic mass is 9.98. The normalized spacial score (nSPS) is 17.7. The molecular weight excluding hydrogens is 463 g/mol. The van der Waals surface area contributed by atoms with E-state index in [2.05, 4.69) is 21.2 Å². The Labute approximate surface area is 178 Å². The molecule has 0 bridgehead atoms. The van der Waals surface area contributed by atoms with Gasteiger partial charge in [0.1, 0.15) is 11.6 Å². The van der Waals surface area contributed by atoms with E-state index in [1.807, 2.05) is 0 Å². The number of halogens is 2. The topological polar surface area (TPSA) is 75.7 Å². The van der Waals surface area contributed by atoms with Crippen LogP contribution < -0.4 is 10.1 Å². The molecule has 2 aromatic rings. The molecule has 0 aromatic heterocycles. The van der Waals surface area contributed by atoms with Crippen molar-refractivity contribution < 1.29 is 22.3 Å². The van der Waals surface area contributed by atoms with Gasteiger partial charge in [-0.2, -0.15) is 4.31 Å². The molecule has 2 aromatic carbocycles. The van der Waals surface area contributed by atoms with Crippen LogP contribution in [0.25, 0.3) is 0 Å². The zero-order chi connectivity index (χ0) is 21.2. The van der Waals surface area contributed by atoms with Crippen molar-refractivity contribution in [3.8, 4) is 5.75 Å². The third kappa shape index (κ3) is 4.79. The highest BCUT2D eigenvalue weighted by atomic mass is 79.9. The van der Waals surface area contributed by atoms with Crippen molar-refractivity contribution in [2.75, 3.05) is 25.5 Å². The number of carbonyl (C=O) groups excluding carboxylic acids is 1. The highest BCUT2D eigenvalue weighted by Crippen LogP contribution is 2.28. The van der Waals surface area contributed by atoms with Gasteiger partial charge in [-0.25, -0.2) is 12.8 Å². The molecule has 1 atom stereocenters. The maximum Gasteiger partial charge on any atom is 0.243 e. The van der Waals surface area contributed by atoms with Crippen molar-refractivity contribution in [2.45, 2.75) is 24.7 Å². The van der Waals surface area contributed by atoms with E-state index in [9.17, 15) is 17.6 Å². The van der Waals surface area contributed by atoms with Gasteiger partial charge in [-0.05, 0) is 61.7 Å². The van der Waals surface area contributed by atoms with E-state index in [1.54, 1.807) is 25.1 Å². The SMILES string of the molecule is COc1ccc(S(=O)(=O)N2CCCC(C(=O)Nc3ccc(Br)cc3F)C2)cc1C. The van der Waals surface area contributed by atoms with Crippen LogP contribution in [-0.2, 0) is 14.8 Å². The predicted octanol–water partition coefficient (Wildman–Crippen LogP) is 3.94. The summed E-state index contributed by atoms with van der Waals surface area (Å²) in [7, 11) is -2.22. The Morgan fingerprint density at radius 3 is 2.69 bits per heavy atom. The van der Waals surface area contributed by atoms with Crippen molar-refractivity contribution in [1.29, 1.82) is 0 Å². The van der Waals surface area contributed by atoms with Gasteiger partial charge in [-0.15, -0.1) is 0 Å². The van der Waals surface area contributed by atoms with Crippen molar-refractivity contribution >= 4 is 37.5 Å². The number of carbonyl (C=O) groups is 1. The van der Waals surface area contributed by atoms with Crippen LogP contribution in [0.3, 0.4) is 0 Å². The second-order valence-corrected chi connectivity index (χ2v) is 9.80. The van der Waals surface area contributed by atoms with Gasteiger partial charge in [0.15, 0.2) is 0 Å². The van der Waals surface area contributed by atoms with Gasteiger partial charge >= 0.3 is 0 Å². The number of rotatable bonds is 5. The molecule has 1 aliphatic heterocycles. The maximum absolute atomic E-state index is 14.0. The van der Waals surface area contributed by atoms with E-state index >= 15 is 0 Å². The van der Waals surface area contributed by atoms with E-state index < -0.39 is 27.7 Å². The molecule has 1 amide bonds. The zero-order valence-corrected chi connectivity index (χ0v) is 18.5. The molecule has 1 heterocycles. The Morgan fingerprint density at radius 1 is 1.28 bits per heavy atom. The zero-order valence-electron chi connectivity index (χ0n) is 16.1. The molecule has 9 heteroatoms. The number of hydrogen-bond donors (Lipinski definition) is 1. The van der Waals surface area contributed by atoms with Gasteiger partial charge in [0, 0.05) is 17.6 Å². The molecule has 0 spiro atoms. The summed E-state index contributed by atoms with van der Waals surface area (Å²) in [5.41, 5.74) is 0.787. The van der Waals surface area contributed by atoms with Crippen LogP contribution in [0.1, 0.15) is 18.4 Å². The number of ether oxygens (including phenoxy) is 1. The largest absolute Gasteiger partial charge is 0.496 e. The van der Waals surface area contributed by atoms with Gasteiger partial charge < -0.3 is 10.1 Å². The Hall–Kier alpha value is -1.97. The lowest BCUT2D eigenvalue weighted by Crippen LogP contribution is -2.43. The minimum Gasteiger partial charge on any atom is -0.496 e. The maximum atomic E-state index is 14.0. The highest BCUT2D eigenvalue weighted by Gasteiger charge is 2.33. The molecule has 156 valence electrons. The summed E-state index contributed by atoms with van der Waals surface area (Å²) in [6.45, 7) is 2.16. The molecule has 3 rings (SSSR count). The number of aryl methyl sites for hydroxylation is 1. The number of hydrogen-bond acceptors (Lipinski definition) is 4. The molecule has 29 heavy (non-hydrogen) atoms. The quantitative estimate of drug-likeness (QED) is 0.696. The number of benzene rings is 2. The van der Waals surface area contributed by atoms with E-state index in [0.717, 1.165) is 0 Å². The Bertz CT molecular complexity index is 1030. The number of nitrogens with zero attached hydrogens (tertiary/aromatic N) is 1. The summed E-state index contributed by atoms with van der Waals surface area (Å²) in [5.74, 6) is -0.893. The van der Waals surface area contributed by atoms with Gasteiger partial charge in [-0.1, -0.05) is 15.9 Å². The first-order valence-corrected chi connectivity index (χ1v) is 11.4. The van der Waals surface area contributed by atoms with Gasteiger partial charge in [-0.3, -0.25) is 4.79 Å². The lowest BCUT2D eigenvalue weighted by molar-refractivity contribution is -0.120. The summed E-state index contributed by atoms with van der Waals surface area (Å²) in [4.78, 5) is 12.8. The van der Waals surface area contributed by atoms with Crippen LogP contribution in [0.4, 0.5) is 10.1 Å². The molecule has 1 unspecified atom stereocenters. The average Bonchev–Trinajstić information content (AvgIpc) is 2.70. The Kier molecular flexibility index (Phi) is 6.60. The summed E-state index contributed by atoms with van der Waals surface area (Å²) in [6, 6.07) is 9.04. The van der Waals surface area contributed by atoms with E-state index in [0.29, 0.717) is 35.2 Å². The van der Waals surface area contributed by atoms with E-state index in [-0.39, 0.29) is 17.1 Å². The van der Waals surface area contributed by atoms with Crippen LogP contribution in [-0.4, -0.2) is 38.8 Å². The first-order chi connectivity index (χ1) is 13.7. The fraction of sp³-hybridized carbons (Fsp3) is 0.350. The van der Waals surface area contributed by atoms with Crippen LogP contribution in [0.2, 0.25) is 0 Å². The highest BCUT2D eigenvalue weighted by molar-refractivity contribution is 9.10. The molecule has 0 radical (unpaired) electrons. The number of amides is 1. The van der Waals surface area contributed by atoms with Crippen LogP contribution in [0, 0.1) is 18.7 Å². The third-order valence-corrected chi connectivity index (χ3v) is 7.30. The van der Waals surface area contributed by atoms with Crippen molar-refractivity contribution in [3.63, 3.8) is 0 Å². The van der Waals surface area contributed by atoms with E-state index in [1.165, 1.54) is 29.6 Å². The van der Waals surface area contributed by atoms with Gasteiger partial charge in [0.2, 0.25) is 15.9 Å². The van der Waals surface area contributed by atoms with Crippen molar-refractivity contribution in [3.05, 3.63) is 52.3 Å². The van der Waals surface area contributed by atoms with Crippen LogP contribution >= 0.6 is 15.9 Å². The fourth-order valence-electron chi connectivity index (χ4n) is 3.36. The summed E-state index contributed by atoms with van der Waals surface area (Å²) in [6.07, 6.45) is 1.09.